The second kappa shape index (κ2) is 7.69. The highest BCUT2D eigenvalue weighted by molar-refractivity contribution is 6.36. The lowest BCUT2D eigenvalue weighted by molar-refractivity contribution is 0.256. The van der Waals surface area contributed by atoms with Gasteiger partial charge in [-0.3, -0.25) is 0 Å². The maximum atomic E-state index is 6.54. The molecule has 1 saturated heterocycles. The van der Waals surface area contributed by atoms with Crippen molar-refractivity contribution in [3.63, 3.8) is 0 Å². The maximum Gasteiger partial charge on any atom is 0.318 e. The molecule has 2 aliphatic rings. The van der Waals surface area contributed by atoms with E-state index in [1.54, 1.807) is 0 Å². The van der Waals surface area contributed by atoms with E-state index in [9.17, 15) is 0 Å². The lowest BCUT2D eigenvalue weighted by Gasteiger charge is -2.31. The highest BCUT2D eigenvalue weighted by Gasteiger charge is 2.24. The number of nitrogens with two attached hydrogens (primary N) is 1. The number of anilines is 2. The molecule has 2 aliphatic heterocycles. The smallest absolute Gasteiger partial charge is 0.318 e. The number of ether oxygens (including phenoxy) is 1. The third kappa shape index (κ3) is 3.58. The van der Waals surface area contributed by atoms with E-state index in [0.717, 1.165) is 58.7 Å². The van der Waals surface area contributed by atoms with Crippen LogP contribution in [0.3, 0.4) is 0 Å². The van der Waals surface area contributed by atoms with Gasteiger partial charge in [0.25, 0.3) is 0 Å². The summed E-state index contributed by atoms with van der Waals surface area (Å²) < 4.78 is 5.86. The Hall–Kier alpha value is -2.57. The van der Waals surface area contributed by atoms with E-state index in [2.05, 4.69) is 39.5 Å². The number of fused-ring (bicyclic) bond motifs is 2. The maximum absolute atomic E-state index is 6.54. The van der Waals surface area contributed by atoms with Crippen LogP contribution in [0.25, 0.3) is 10.8 Å². The van der Waals surface area contributed by atoms with Crippen molar-refractivity contribution in [3.8, 4) is 6.01 Å². The van der Waals surface area contributed by atoms with Gasteiger partial charge in [0.15, 0.2) is 0 Å². The SMILES string of the molecule is Nc1nc(OC[C@@H]2CCCN2)nc2c1CCN(c1cccc3cccc(Cl)c13)C2. The lowest BCUT2D eigenvalue weighted by Crippen LogP contribution is -2.33. The quantitative estimate of drug-likeness (QED) is 0.686. The van der Waals surface area contributed by atoms with Gasteiger partial charge in [0.05, 0.1) is 17.3 Å². The summed E-state index contributed by atoms with van der Waals surface area (Å²) in [5.41, 5.74) is 9.32. The summed E-state index contributed by atoms with van der Waals surface area (Å²) in [6.07, 6.45) is 3.10. The van der Waals surface area contributed by atoms with Gasteiger partial charge in [-0.25, -0.2) is 0 Å². The van der Waals surface area contributed by atoms with E-state index in [-0.39, 0.29) is 0 Å². The first-order chi connectivity index (χ1) is 14.2. The first-order valence-electron chi connectivity index (χ1n) is 10.1. The molecule has 3 N–H and O–H groups in total. The number of rotatable bonds is 4. The van der Waals surface area contributed by atoms with Gasteiger partial charge in [0.1, 0.15) is 12.4 Å². The van der Waals surface area contributed by atoms with Gasteiger partial charge in [-0.2, -0.15) is 9.97 Å². The van der Waals surface area contributed by atoms with Crippen LogP contribution in [0, 0.1) is 0 Å². The minimum absolute atomic E-state index is 0.366. The van der Waals surface area contributed by atoms with Gasteiger partial charge in [-0.15, -0.1) is 0 Å². The average Bonchev–Trinajstić information content (AvgIpc) is 3.25. The number of nitrogens with zero attached hydrogens (tertiary/aromatic N) is 3. The highest BCUT2D eigenvalue weighted by atomic mass is 35.5. The molecule has 1 fully saturated rings. The normalized spacial score (nSPS) is 18.8. The van der Waals surface area contributed by atoms with Crippen molar-refractivity contribution in [2.45, 2.75) is 31.8 Å². The highest BCUT2D eigenvalue weighted by Crippen LogP contribution is 2.35. The van der Waals surface area contributed by atoms with E-state index >= 15 is 0 Å². The summed E-state index contributed by atoms with van der Waals surface area (Å²) in [6, 6.07) is 13.0. The summed E-state index contributed by atoms with van der Waals surface area (Å²) >= 11 is 6.54. The molecular formula is C22H24ClN5O. The Morgan fingerprint density at radius 2 is 2.07 bits per heavy atom. The Labute approximate surface area is 175 Å². The monoisotopic (exact) mass is 409 g/mol. The summed E-state index contributed by atoms with van der Waals surface area (Å²) in [7, 11) is 0. The summed E-state index contributed by atoms with van der Waals surface area (Å²) in [5.74, 6) is 0.528. The third-order valence-corrected chi connectivity index (χ3v) is 6.14. The van der Waals surface area contributed by atoms with Gasteiger partial charge < -0.3 is 20.7 Å². The predicted octanol–water partition coefficient (Wildman–Crippen LogP) is 3.56. The van der Waals surface area contributed by atoms with E-state index in [1.807, 2.05) is 12.1 Å². The zero-order valence-corrected chi connectivity index (χ0v) is 17.0. The first kappa shape index (κ1) is 18.5. The molecule has 0 bridgehead atoms. The number of benzene rings is 2. The molecule has 29 heavy (non-hydrogen) atoms. The van der Waals surface area contributed by atoms with Crippen LogP contribution in [0.1, 0.15) is 24.1 Å². The third-order valence-electron chi connectivity index (χ3n) is 5.83. The van der Waals surface area contributed by atoms with Crippen molar-refractivity contribution in [1.82, 2.24) is 15.3 Å². The van der Waals surface area contributed by atoms with Crippen LogP contribution >= 0.6 is 11.6 Å². The number of halogens is 1. The van der Waals surface area contributed by atoms with Gasteiger partial charge in [0, 0.05) is 29.2 Å². The van der Waals surface area contributed by atoms with Crippen LogP contribution in [-0.2, 0) is 13.0 Å². The Kier molecular flexibility index (Phi) is 4.89. The van der Waals surface area contributed by atoms with Gasteiger partial charge in [-0.1, -0.05) is 35.9 Å². The molecule has 3 heterocycles. The second-order valence-corrected chi connectivity index (χ2v) is 8.11. The van der Waals surface area contributed by atoms with E-state index < -0.39 is 0 Å². The number of hydrogen-bond acceptors (Lipinski definition) is 6. The van der Waals surface area contributed by atoms with E-state index in [1.165, 1.54) is 6.42 Å². The van der Waals surface area contributed by atoms with Crippen molar-refractivity contribution in [2.24, 2.45) is 0 Å². The van der Waals surface area contributed by atoms with Gasteiger partial charge in [-0.05, 0) is 43.3 Å². The lowest BCUT2D eigenvalue weighted by atomic mass is 10.0. The molecule has 7 heteroatoms. The fourth-order valence-electron chi connectivity index (χ4n) is 4.32. The number of nitrogen functional groups attached to an aromatic ring is 1. The van der Waals surface area contributed by atoms with Gasteiger partial charge in [0.2, 0.25) is 0 Å². The van der Waals surface area contributed by atoms with Crippen molar-refractivity contribution in [3.05, 3.63) is 52.7 Å². The fourth-order valence-corrected chi connectivity index (χ4v) is 4.60. The molecule has 5 rings (SSSR count). The van der Waals surface area contributed by atoms with E-state index in [4.69, 9.17) is 27.1 Å². The van der Waals surface area contributed by atoms with Gasteiger partial charge >= 0.3 is 6.01 Å². The number of nitrogens with one attached hydrogen (secondary N) is 1. The molecule has 6 nitrogen and oxygen atoms in total. The van der Waals surface area contributed by atoms with Crippen LogP contribution in [0.4, 0.5) is 11.5 Å². The van der Waals surface area contributed by atoms with Crippen molar-refractivity contribution < 1.29 is 4.74 Å². The molecule has 0 saturated carbocycles. The Bertz CT molecular complexity index is 1050. The van der Waals surface area contributed by atoms with Crippen LogP contribution in [0.15, 0.2) is 36.4 Å². The minimum Gasteiger partial charge on any atom is -0.462 e. The number of aromatic nitrogens is 2. The topological polar surface area (TPSA) is 76.3 Å². The zero-order valence-electron chi connectivity index (χ0n) is 16.2. The molecule has 0 spiro atoms. The second-order valence-electron chi connectivity index (χ2n) is 7.71. The molecule has 1 atom stereocenters. The van der Waals surface area contributed by atoms with Crippen molar-refractivity contribution >= 4 is 33.9 Å². The van der Waals surface area contributed by atoms with E-state index in [0.29, 0.717) is 31.0 Å². The van der Waals surface area contributed by atoms with Crippen LogP contribution in [0.5, 0.6) is 6.01 Å². The summed E-state index contributed by atoms with van der Waals surface area (Å²) in [6.45, 7) is 3.12. The first-order valence-corrected chi connectivity index (χ1v) is 10.5. The molecule has 2 aromatic carbocycles. The molecule has 3 aromatic rings. The standard InChI is InChI=1S/C22H24ClN5O/c23-17-7-1-4-14-5-2-8-19(20(14)17)28-11-9-16-18(12-28)26-22(27-21(16)24)29-13-15-6-3-10-25-15/h1-2,4-5,7-8,15,25H,3,6,9-13H2,(H2,24,26,27)/t15-/m0/s1. The summed E-state index contributed by atoms with van der Waals surface area (Å²) in [4.78, 5) is 11.4. The Morgan fingerprint density at radius 1 is 1.21 bits per heavy atom. The van der Waals surface area contributed by atoms with Crippen molar-refractivity contribution in [1.29, 1.82) is 0 Å². The average molecular weight is 410 g/mol. The number of hydrogen-bond donors (Lipinski definition) is 2. The molecular weight excluding hydrogens is 386 g/mol. The van der Waals surface area contributed by atoms with Crippen LogP contribution in [-0.4, -0.2) is 35.7 Å². The molecule has 1 aromatic heterocycles. The Morgan fingerprint density at radius 3 is 2.90 bits per heavy atom. The largest absolute Gasteiger partial charge is 0.462 e. The molecule has 0 aliphatic carbocycles. The molecule has 0 radical (unpaired) electrons. The van der Waals surface area contributed by atoms with Crippen molar-refractivity contribution in [2.75, 3.05) is 30.3 Å². The molecule has 150 valence electrons. The van der Waals surface area contributed by atoms with Crippen LogP contribution < -0.4 is 20.7 Å². The molecule has 0 unspecified atom stereocenters. The zero-order chi connectivity index (χ0) is 19.8. The molecule has 0 amide bonds. The van der Waals surface area contributed by atoms with Crippen LogP contribution in [0.2, 0.25) is 5.02 Å². The summed E-state index contributed by atoms with van der Waals surface area (Å²) in [5, 5.41) is 6.40. The fraction of sp³-hybridized carbons (Fsp3) is 0.364. The Balaban J connectivity index is 1.43. The predicted molar refractivity (Wildman–Crippen MR) is 117 cm³/mol. The minimum atomic E-state index is 0.366.